The van der Waals surface area contributed by atoms with E-state index in [4.69, 9.17) is 0 Å². The number of hydrogen-bond acceptors (Lipinski definition) is 2. The predicted molar refractivity (Wildman–Crippen MR) is 81.7 cm³/mol. The number of nitrogens with zero attached hydrogens (tertiary/aromatic N) is 2. The molecule has 3 rings (SSSR count). The maximum Gasteiger partial charge on any atom is 0.0522 e. The Morgan fingerprint density at radius 1 is 1.30 bits per heavy atom. The number of rotatable bonds is 5. The lowest BCUT2D eigenvalue weighted by Gasteiger charge is -2.48. The van der Waals surface area contributed by atoms with Gasteiger partial charge in [-0.05, 0) is 37.4 Å². The Hall–Kier alpha value is -1.61. The maximum absolute atomic E-state index is 4.29. The van der Waals surface area contributed by atoms with E-state index in [1.54, 1.807) is 0 Å². The summed E-state index contributed by atoms with van der Waals surface area (Å²) in [5.74, 6) is 0. The van der Waals surface area contributed by atoms with Crippen molar-refractivity contribution in [3.05, 3.63) is 53.9 Å². The van der Waals surface area contributed by atoms with Crippen LogP contribution in [0.1, 0.15) is 30.4 Å². The van der Waals surface area contributed by atoms with Gasteiger partial charge in [0, 0.05) is 24.7 Å². The fourth-order valence-electron chi connectivity index (χ4n) is 3.55. The molecule has 2 aromatic rings. The van der Waals surface area contributed by atoms with Crippen molar-refractivity contribution in [1.29, 1.82) is 0 Å². The van der Waals surface area contributed by atoms with Crippen molar-refractivity contribution in [2.75, 3.05) is 7.05 Å². The van der Waals surface area contributed by atoms with Gasteiger partial charge >= 0.3 is 0 Å². The highest BCUT2D eigenvalue weighted by Gasteiger charge is 2.44. The Labute approximate surface area is 121 Å². The van der Waals surface area contributed by atoms with Gasteiger partial charge in [-0.3, -0.25) is 4.68 Å². The van der Waals surface area contributed by atoms with Crippen molar-refractivity contribution in [2.45, 2.75) is 37.1 Å². The highest BCUT2D eigenvalue weighted by Crippen LogP contribution is 2.47. The summed E-state index contributed by atoms with van der Waals surface area (Å²) in [6, 6.07) is 11.5. The van der Waals surface area contributed by atoms with Gasteiger partial charge in [0.05, 0.1) is 6.20 Å². The highest BCUT2D eigenvalue weighted by atomic mass is 15.2. The topological polar surface area (TPSA) is 29.9 Å². The summed E-state index contributed by atoms with van der Waals surface area (Å²) in [4.78, 5) is 0. The Balaban J connectivity index is 1.86. The smallest absolute Gasteiger partial charge is 0.0522 e. The molecule has 0 amide bonds. The second-order valence-electron chi connectivity index (χ2n) is 5.94. The standard InChI is InChI=1S/C17H23N3/c1-18-16(11-14-12-19-20(2)13-14)17(9-6-10-17)15-7-4-3-5-8-15/h3-5,7-8,12-13,16,18H,6,9-11H2,1-2H3. The third-order valence-electron chi connectivity index (χ3n) is 4.81. The van der Waals surface area contributed by atoms with Crippen molar-refractivity contribution in [3.8, 4) is 0 Å². The number of aryl methyl sites for hydroxylation is 1. The van der Waals surface area contributed by atoms with E-state index >= 15 is 0 Å². The molecule has 0 bridgehead atoms. The Bertz CT molecular complexity index is 555. The second kappa shape index (κ2) is 5.41. The van der Waals surface area contributed by atoms with Crippen LogP contribution in [0, 0.1) is 0 Å². The first kappa shape index (κ1) is 13.4. The molecule has 106 valence electrons. The number of nitrogens with one attached hydrogen (secondary N) is 1. The van der Waals surface area contributed by atoms with Gasteiger partial charge in [0.15, 0.2) is 0 Å². The van der Waals surface area contributed by atoms with Crippen LogP contribution in [0.2, 0.25) is 0 Å². The Morgan fingerprint density at radius 3 is 2.55 bits per heavy atom. The molecular weight excluding hydrogens is 246 g/mol. The summed E-state index contributed by atoms with van der Waals surface area (Å²) < 4.78 is 1.89. The molecular formula is C17H23N3. The number of benzene rings is 1. The zero-order chi connectivity index (χ0) is 14.0. The molecule has 1 aromatic carbocycles. The minimum Gasteiger partial charge on any atom is -0.316 e. The lowest BCUT2D eigenvalue weighted by molar-refractivity contribution is 0.174. The summed E-state index contributed by atoms with van der Waals surface area (Å²) >= 11 is 0. The van der Waals surface area contributed by atoms with E-state index in [0.29, 0.717) is 11.5 Å². The molecule has 3 heteroatoms. The van der Waals surface area contributed by atoms with E-state index in [9.17, 15) is 0 Å². The van der Waals surface area contributed by atoms with E-state index < -0.39 is 0 Å². The van der Waals surface area contributed by atoms with Crippen molar-refractivity contribution < 1.29 is 0 Å². The van der Waals surface area contributed by atoms with E-state index in [1.165, 1.54) is 30.4 Å². The summed E-state index contributed by atoms with van der Waals surface area (Å²) in [6.07, 6.45) is 9.05. The van der Waals surface area contributed by atoms with Gasteiger partial charge in [-0.25, -0.2) is 0 Å². The SMILES string of the molecule is CNC(Cc1cnn(C)c1)C1(c2ccccc2)CCC1. The first-order chi connectivity index (χ1) is 9.74. The summed E-state index contributed by atoms with van der Waals surface area (Å²) in [7, 11) is 4.07. The van der Waals surface area contributed by atoms with Crippen LogP contribution in [0.3, 0.4) is 0 Å². The number of likely N-dealkylation sites (N-methyl/N-ethyl adjacent to an activating group) is 1. The minimum atomic E-state index is 0.297. The number of aromatic nitrogens is 2. The largest absolute Gasteiger partial charge is 0.316 e. The van der Waals surface area contributed by atoms with Gasteiger partial charge in [0.2, 0.25) is 0 Å². The van der Waals surface area contributed by atoms with Crippen LogP contribution in [-0.2, 0) is 18.9 Å². The van der Waals surface area contributed by atoms with Crippen molar-refractivity contribution in [1.82, 2.24) is 15.1 Å². The van der Waals surface area contributed by atoms with Crippen molar-refractivity contribution in [3.63, 3.8) is 0 Å². The summed E-state index contributed by atoms with van der Waals surface area (Å²) in [5, 5.41) is 7.86. The molecule has 1 heterocycles. The molecule has 20 heavy (non-hydrogen) atoms. The first-order valence-electron chi connectivity index (χ1n) is 7.45. The number of hydrogen-bond donors (Lipinski definition) is 1. The molecule has 1 aliphatic carbocycles. The fourth-order valence-corrected chi connectivity index (χ4v) is 3.55. The van der Waals surface area contributed by atoms with E-state index in [2.05, 4.69) is 54.0 Å². The fraction of sp³-hybridized carbons (Fsp3) is 0.471. The van der Waals surface area contributed by atoms with Gasteiger partial charge in [0.1, 0.15) is 0 Å². The first-order valence-corrected chi connectivity index (χ1v) is 7.45. The van der Waals surface area contributed by atoms with Crippen LogP contribution >= 0.6 is 0 Å². The highest BCUT2D eigenvalue weighted by molar-refractivity contribution is 5.31. The van der Waals surface area contributed by atoms with E-state index in [-0.39, 0.29) is 0 Å². The van der Waals surface area contributed by atoms with Crippen molar-refractivity contribution >= 4 is 0 Å². The molecule has 0 radical (unpaired) electrons. The van der Waals surface area contributed by atoms with Crippen LogP contribution in [-0.4, -0.2) is 22.9 Å². The molecule has 1 unspecified atom stereocenters. The zero-order valence-electron chi connectivity index (χ0n) is 12.3. The van der Waals surface area contributed by atoms with Gasteiger partial charge in [0.25, 0.3) is 0 Å². The molecule has 0 spiro atoms. The van der Waals surface area contributed by atoms with Gasteiger partial charge in [-0.1, -0.05) is 36.8 Å². The molecule has 3 nitrogen and oxygen atoms in total. The lowest BCUT2D eigenvalue weighted by Crippen LogP contribution is -2.52. The lowest BCUT2D eigenvalue weighted by atomic mass is 9.59. The van der Waals surface area contributed by atoms with E-state index in [1.807, 2.05) is 17.9 Å². The maximum atomic E-state index is 4.29. The molecule has 1 saturated carbocycles. The molecule has 0 aliphatic heterocycles. The minimum absolute atomic E-state index is 0.297. The quantitative estimate of drug-likeness (QED) is 0.904. The Kier molecular flexibility index (Phi) is 3.62. The summed E-state index contributed by atoms with van der Waals surface area (Å²) in [5.41, 5.74) is 3.09. The Morgan fingerprint density at radius 2 is 2.05 bits per heavy atom. The van der Waals surface area contributed by atoms with Crippen LogP contribution < -0.4 is 5.32 Å². The van der Waals surface area contributed by atoms with Crippen molar-refractivity contribution in [2.24, 2.45) is 7.05 Å². The van der Waals surface area contributed by atoms with E-state index in [0.717, 1.165) is 6.42 Å². The monoisotopic (exact) mass is 269 g/mol. The predicted octanol–water partition coefficient (Wildman–Crippen LogP) is 2.67. The third kappa shape index (κ3) is 2.27. The average Bonchev–Trinajstić information content (AvgIpc) is 2.83. The van der Waals surface area contributed by atoms with Gasteiger partial charge in [-0.15, -0.1) is 0 Å². The van der Waals surface area contributed by atoms with Gasteiger partial charge < -0.3 is 5.32 Å². The molecule has 1 aliphatic rings. The molecule has 1 aromatic heterocycles. The average molecular weight is 269 g/mol. The second-order valence-corrected chi connectivity index (χ2v) is 5.94. The summed E-state index contributed by atoms with van der Waals surface area (Å²) in [6.45, 7) is 0. The third-order valence-corrected chi connectivity index (χ3v) is 4.81. The van der Waals surface area contributed by atoms with Crippen LogP contribution in [0.4, 0.5) is 0 Å². The molecule has 1 atom stereocenters. The normalized spacial score (nSPS) is 18.5. The van der Waals surface area contributed by atoms with Crippen LogP contribution in [0.15, 0.2) is 42.7 Å². The molecule has 0 saturated heterocycles. The molecule has 1 fully saturated rings. The molecule has 1 N–H and O–H groups in total. The van der Waals surface area contributed by atoms with Gasteiger partial charge in [-0.2, -0.15) is 5.10 Å². The van der Waals surface area contributed by atoms with Crippen LogP contribution in [0.5, 0.6) is 0 Å². The zero-order valence-corrected chi connectivity index (χ0v) is 12.3. The van der Waals surface area contributed by atoms with Crippen LogP contribution in [0.25, 0.3) is 0 Å².